The second-order valence-electron chi connectivity index (χ2n) is 5.20. The molecule has 108 valence electrons. The molecule has 0 aliphatic carbocycles. The number of aryl methyl sites for hydroxylation is 1. The number of nitro groups is 1. The summed E-state index contributed by atoms with van der Waals surface area (Å²) in [5.74, 6) is 0.197. The molecule has 1 amide bonds. The molecule has 2 N–H and O–H groups in total. The molecule has 1 aliphatic rings. The minimum atomic E-state index is -0.477. The third kappa shape index (κ3) is 2.80. The van der Waals surface area contributed by atoms with Crippen molar-refractivity contribution < 1.29 is 9.72 Å². The number of nitro benzene ring substituents is 1. The summed E-state index contributed by atoms with van der Waals surface area (Å²) in [5, 5.41) is 11.1. The van der Waals surface area contributed by atoms with E-state index in [1.807, 2.05) is 0 Å². The van der Waals surface area contributed by atoms with Crippen LogP contribution in [0.1, 0.15) is 28.8 Å². The Labute approximate surface area is 117 Å². The highest BCUT2D eigenvalue weighted by atomic mass is 16.6. The quantitative estimate of drug-likeness (QED) is 0.672. The topological polar surface area (TPSA) is 89.5 Å². The average molecular weight is 277 g/mol. The van der Waals surface area contributed by atoms with Crippen molar-refractivity contribution in [1.82, 2.24) is 4.90 Å². The zero-order valence-corrected chi connectivity index (χ0v) is 11.5. The van der Waals surface area contributed by atoms with Crippen molar-refractivity contribution in [3.8, 4) is 0 Å². The Bertz CT molecular complexity index is 522. The highest BCUT2D eigenvalue weighted by Crippen LogP contribution is 2.26. The van der Waals surface area contributed by atoms with Crippen LogP contribution in [-0.2, 0) is 0 Å². The van der Waals surface area contributed by atoms with Crippen LogP contribution < -0.4 is 5.73 Å². The van der Waals surface area contributed by atoms with Gasteiger partial charge < -0.3 is 10.6 Å². The second kappa shape index (κ2) is 6.00. The van der Waals surface area contributed by atoms with Gasteiger partial charge in [-0.25, -0.2) is 0 Å². The number of likely N-dealkylation sites (tertiary alicyclic amines) is 1. The summed E-state index contributed by atoms with van der Waals surface area (Å²) >= 11 is 0. The Morgan fingerprint density at radius 3 is 2.65 bits per heavy atom. The van der Waals surface area contributed by atoms with Gasteiger partial charge in [-0.1, -0.05) is 12.1 Å². The van der Waals surface area contributed by atoms with E-state index in [4.69, 9.17) is 5.73 Å². The van der Waals surface area contributed by atoms with Gasteiger partial charge in [0, 0.05) is 18.7 Å². The molecule has 0 bridgehead atoms. The fourth-order valence-electron chi connectivity index (χ4n) is 2.62. The summed E-state index contributed by atoms with van der Waals surface area (Å²) in [6.07, 6.45) is 1.73. The maximum Gasteiger partial charge on any atom is 0.285 e. The van der Waals surface area contributed by atoms with Crippen molar-refractivity contribution in [2.24, 2.45) is 11.7 Å². The first-order chi connectivity index (χ1) is 9.54. The molecule has 0 spiro atoms. The third-order valence-corrected chi connectivity index (χ3v) is 3.89. The largest absolute Gasteiger partial charge is 0.338 e. The zero-order valence-electron chi connectivity index (χ0n) is 11.5. The number of carbonyl (C=O) groups excluding carboxylic acids is 1. The molecule has 1 aromatic carbocycles. The molecular formula is C14H19N3O3. The standard InChI is InChI=1S/C14H19N3O3/c1-10-3-2-4-12(13(10)17(19)20)14(18)16-7-5-11(9-15)6-8-16/h2-4,11H,5-9,15H2,1H3. The molecule has 1 aromatic rings. The first-order valence-electron chi connectivity index (χ1n) is 6.78. The third-order valence-electron chi connectivity index (χ3n) is 3.89. The Balaban J connectivity index is 2.22. The maximum absolute atomic E-state index is 12.5. The van der Waals surface area contributed by atoms with Crippen molar-refractivity contribution in [1.29, 1.82) is 0 Å². The molecule has 1 heterocycles. The molecule has 2 rings (SSSR count). The van der Waals surface area contributed by atoms with E-state index < -0.39 is 4.92 Å². The summed E-state index contributed by atoms with van der Waals surface area (Å²) in [6.45, 7) is 3.51. The normalized spacial score (nSPS) is 16.2. The second-order valence-corrected chi connectivity index (χ2v) is 5.20. The molecule has 1 aliphatic heterocycles. The number of nitrogens with two attached hydrogens (primary N) is 1. The van der Waals surface area contributed by atoms with Crippen LogP contribution in [0.15, 0.2) is 18.2 Å². The van der Waals surface area contributed by atoms with Crippen molar-refractivity contribution in [3.63, 3.8) is 0 Å². The molecular weight excluding hydrogens is 258 g/mol. The smallest absolute Gasteiger partial charge is 0.285 e. The van der Waals surface area contributed by atoms with Crippen molar-refractivity contribution in [3.05, 3.63) is 39.4 Å². The number of nitrogens with zero attached hydrogens (tertiary/aromatic N) is 2. The first kappa shape index (κ1) is 14.5. The van der Waals surface area contributed by atoms with Crippen LogP contribution in [-0.4, -0.2) is 35.4 Å². The highest BCUT2D eigenvalue weighted by Gasteiger charge is 2.28. The van der Waals surface area contributed by atoms with E-state index in [1.54, 1.807) is 24.0 Å². The lowest BCUT2D eigenvalue weighted by atomic mass is 9.96. The number of benzene rings is 1. The average Bonchev–Trinajstić information content (AvgIpc) is 2.46. The van der Waals surface area contributed by atoms with Crippen LogP contribution in [0.3, 0.4) is 0 Å². The van der Waals surface area contributed by atoms with Crippen LogP contribution in [0, 0.1) is 23.0 Å². The van der Waals surface area contributed by atoms with Crippen LogP contribution in [0.5, 0.6) is 0 Å². The van der Waals surface area contributed by atoms with E-state index in [0.717, 1.165) is 12.8 Å². The molecule has 0 aromatic heterocycles. The Morgan fingerprint density at radius 2 is 2.10 bits per heavy atom. The van der Waals surface area contributed by atoms with E-state index >= 15 is 0 Å². The molecule has 6 nitrogen and oxygen atoms in total. The van der Waals surface area contributed by atoms with Crippen molar-refractivity contribution in [2.45, 2.75) is 19.8 Å². The minimum absolute atomic E-state index is 0.0848. The van der Waals surface area contributed by atoms with Gasteiger partial charge in [0.2, 0.25) is 0 Å². The molecule has 20 heavy (non-hydrogen) atoms. The van der Waals surface area contributed by atoms with Gasteiger partial charge in [-0.3, -0.25) is 14.9 Å². The summed E-state index contributed by atoms with van der Waals surface area (Å²) in [5.41, 5.74) is 6.24. The zero-order chi connectivity index (χ0) is 14.7. The van der Waals surface area contributed by atoms with Gasteiger partial charge in [-0.2, -0.15) is 0 Å². The maximum atomic E-state index is 12.5. The molecule has 6 heteroatoms. The van der Waals surface area contributed by atoms with Gasteiger partial charge in [0.25, 0.3) is 11.6 Å². The van der Waals surface area contributed by atoms with E-state index in [9.17, 15) is 14.9 Å². The summed E-state index contributed by atoms with van der Waals surface area (Å²) < 4.78 is 0. The summed E-state index contributed by atoms with van der Waals surface area (Å²) in [4.78, 5) is 24.8. The van der Waals surface area contributed by atoms with E-state index in [-0.39, 0.29) is 17.2 Å². The lowest BCUT2D eigenvalue weighted by Gasteiger charge is -2.31. The lowest BCUT2D eigenvalue weighted by Crippen LogP contribution is -2.40. The molecule has 1 saturated heterocycles. The number of carbonyl (C=O) groups is 1. The number of amides is 1. The Kier molecular flexibility index (Phi) is 4.34. The monoisotopic (exact) mass is 277 g/mol. The van der Waals surface area contributed by atoms with Crippen molar-refractivity contribution >= 4 is 11.6 Å². The van der Waals surface area contributed by atoms with Gasteiger partial charge in [-0.15, -0.1) is 0 Å². The van der Waals surface area contributed by atoms with Crippen LogP contribution >= 0.6 is 0 Å². The first-order valence-corrected chi connectivity index (χ1v) is 6.78. The highest BCUT2D eigenvalue weighted by molar-refractivity contribution is 5.98. The Morgan fingerprint density at radius 1 is 1.45 bits per heavy atom. The lowest BCUT2D eigenvalue weighted by molar-refractivity contribution is -0.385. The van der Waals surface area contributed by atoms with Crippen molar-refractivity contribution in [2.75, 3.05) is 19.6 Å². The SMILES string of the molecule is Cc1cccc(C(=O)N2CCC(CN)CC2)c1[N+](=O)[O-]. The Hall–Kier alpha value is -1.95. The summed E-state index contributed by atoms with van der Waals surface area (Å²) in [7, 11) is 0. The van der Waals surface area contributed by atoms with Gasteiger partial charge in [-0.05, 0) is 38.3 Å². The number of rotatable bonds is 3. The van der Waals surface area contributed by atoms with E-state index in [0.29, 0.717) is 31.1 Å². The van der Waals surface area contributed by atoms with Gasteiger partial charge in [0.05, 0.1) is 4.92 Å². The fraction of sp³-hybridized carbons (Fsp3) is 0.500. The summed E-state index contributed by atoms with van der Waals surface area (Å²) in [6, 6.07) is 4.86. The molecule has 0 atom stereocenters. The predicted molar refractivity (Wildman–Crippen MR) is 75.5 cm³/mol. The molecule has 0 radical (unpaired) electrons. The molecule has 1 fully saturated rings. The van der Waals surface area contributed by atoms with Crippen LogP contribution in [0.2, 0.25) is 0 Å². The van der Waals surface area contributed by atoms with Crippen LogP contribution in [0.25, 0.3) is 0 Å². The predicted octanol–water partition coefficient (Wildman–Crippen LogP) is 1.71. The van der Waals surface area contributed by atoms with E-state index in [1.165, 1.54) is 6.07 Å². The number of para-hydroxylation sites is 1. The number of piperidine rings is 1. The fourth-order valence-corrected chi connectivity index (χ4v) is 2.62. The van der Waals surface area contributed by atoms with Gasteiger partial charge >= 0.3 is 0 Å². The van der Waals surface area contributed by atoms with Gasteiger partial charge in [0.1, 0.15) is 5.56 Å². The molecule has 0 unspecified atom stereocenters. The number of hydrogen-bond donors (Lipinski definition) is 1. The van der Waals surface area contributed by atoms with E-state index in [2.05, 4.69) is 0 Å². The van der Waals surface area contributed by atoms with Gasteiger partial charge in [0.15, 0.2) is 0 Å². The number of hydrogen-bond acceptors (Lipinski definition) is 4. The molecule has 0 saturated carbocycles. The minimum Gasteiger partial charge on any atom is -0.338 e. The van der Waals surface area contributed by atoms with Crippen LogP contribution in [0.4, 0.5) is 5.69 Å².